The van der Waals surface area contributed by atoms with E-state index in [4.69, 9.17) is 24.9 Å². The number of hydrogen-bond acceptors (Lipinski definition) is 34. The van der Waals surface area contributed by atoms with E-state index < -0.39 is 124 Å². The molecule has 7 aromatic heterocycles. The fourth-order valence-corrected chi connectivity index (χ4v) is 23.5. The molecule has 790 valence electrons. The predicted molar refractivity (Wildman–Crippen MR) is 551 cm³/mol. The van der Waals surface area contributed by atoms with E-state index in [0.717, 1.165) is 51.7 Å². The lowest BCUT2D eigenvalue weighted by molar-refractivity contribution is -0.156. The third-order valence-electron chi connectivity index (χ3n) is 25.6. The summed E-state index contributed by atoms with van der Waals surface area (Å²) in [6, 6.07) is 29.8. The third-order valence-corrected chi connectivity index (χ3v) is 30.7. The molecule has 0 radical (unpaired) electrons. The zero-order valence-electron chi connectivity index (χ0n) is 86.1. The van der Waals surface area contributed by atoms with Gasteiger partial charge in [-0.1, -0.05) is 59.7 Å². The van der Waals surface area contributed by atoms with Crippen LogP contribution in [-0.2, 0) is 54.5 Å². The molecule has 7 saturated heterocycles. The van der Waals surface area contributed by atoms with Gasteiger partial charge in [-0.05, 0) is 269 Å². The van der Waals surface area contributed by atoms with Crippen LogP contribution in [0.4, 0.5) is 49.9 Å². The number of alkyl carbamates (subject to hydrolysis) is 1. The highest BCUT2D eigenvalue weighted by molar-refractivity contribution is 7.90. The molecular weight excluding hydrogens is 1950 g/mol. The van der Waals surface area contributed by atoms with Gasteiger partial charge in [0.1, 0.15) is 75.6 Å². The summed E-state index contributed by atoms with van der Waals surface area (Å²) in [6.07, 6.45) is 8.43. The topological polar surface area (TPSA) is 518 Å². The molecule has 0 aliphatic carbocycles. The standard InChI is InChI=1S/C27H38FN5O6S.C27H38N6O5S.C27H37N5O5S.C19H25N5O3S.H2/c1-16(2)14-39-20-9-18(8-19(28)10-20)22-7-6-21(24(30-22)33-12-17(3)11-26(33,4)5)25(35)31-40(37,38)32-13-23(34)27(29,36)15-32;1-18-15-27(5,6)33(16-18)23-20(9-8-13-28-23)24(34)31-39(36,37)22-11-7-10-21(30-22)32-14-12-19(17-32)29-25(35)38-26(2,3)4;1-18-16-27(5,6)32(17-18)23-19(10-8-14-28-23)24(33)30-38(35,36)22-13-7-12-21(29-22)31-15-9-11-20(31)25(34)37-26(2,3)4;1-13-11-19(2,3)24(12-13)17-14(7-6-10-21-17)18(25)23-28(26,27)16-9-5-8-15(20-4)22-16;/h6-10,16-17,23,34,36H,11-15,29H2,1-5H3,(H,31,35);7-11,13,18-19H,12,14-17H2,1-6H3,(H,29,35)(H,31,34);7-8,10,12-14,18,20H,9,11,15-17H2,1-6H3,(H,30,33);5-10,13H,11-12H2,1-4H3,(H,20,22)(H,23,25);1H/t17-,23+,27?;;18?,20-;;/m0.1../s1. The van der Waals surface area contributed by atoms with Crippen LogP contribution < -0.4 is 69.4 Å². The highest BCUT2D eigenvalue weighted by Crippen LogP contribution is 2.44. The summed E-state index contributed by atoms with van der Waals surface area (Å²) in [6.45, 7) is 43.5. The SMILES string of the molecule is CC(C)COc1cc(F)cc(-c2ccc(C(=O)NS(=O)(=O)N3C[C@@H](O)C(N)(O)C3)c(N3C[C@@H](C)CC3(C)C)n2)c1.CC1CN(c2ncccc2C(=O)NS(=O)(=O)c2cccc(N3CCC(NC(=O)OC(C)(C)C)C3)n2)C(C)(C)C1.CC1CN(c2ncccc2C(=O)NS(=O)(=O)c2cccc(N3CCC[C@@H]3C(=O)OC(C)(C)C)n2)C(C)(C)C1.CNc1cccc(S(=O)(=O)NC(=O)c2cccnc2N2CC(C)CC2(C)C)n1.[HH]. The van der Waals surface area contributed by atoms with Crippen LogP contribution >= 0.6 is 0 Å². The number of nitrogens with zero attached hydrogens (tertiary/aromatic N) is 14. The number of aliphatic hydroxyl groups is 2. The number of sulfonamides is 3. The van der Waals surface area contributed by atoms with Gasteiger partial charge in [-0.2, -0.15) is 38.0 Å². The minimum absolute atomic E-state index is 0. The van der Waals surface area contributed by atoms with Gasteiger partial charge in [-0.15, -0.1) is 0 Å². The Morgan fingerprint density at radius 2 is 0.945 bits per heavy atom. The zero-order valence-corrected chi connectivity index (χ0v) is 89.4. The van der Waals surface area contributed by atoms with Crippen molar-refractivity contribution >= 4 is 117 Å². The van der Waals surface area contributed by atoms with Crippen molar-refractivity contribution in [3.05, 3.63) is 168 Å². The Hall–Kier alpha value is -12.1. The number of β-amino-alcohol motifs (C(OH)–C–C–N with tert-alkyl or cyclic N) is 2. The number of nitrogens with one attached hydrogen (secondary N) is 6. The molecule has 0 bridgehead atoms. The molecule has 0 spiro atoms. The highest BCUT2D eigenvalue weighted by Gasteiger charge is 2.49. The number of pyridine rings is 7. The van der Waals surface area contributed by atoms with E-state index in [2.05, 4.69) is 139 Å². The van der Waals surface area contributed by atoms with Gasteiger partial charge in [-0.25, -0.2) is 67.8 Å². The maximum absolute atomic E-state index is 14.5. The highest BCUT2D eigenvalue weighted by atomic mass is 32.2. The van der Waals surface area contributed by atoms with Gasteiger partial charge in [0, 0.05) is 113 Å². The van der Waals surface area contributed by atoms with Crippen LogP contribution in [0, 0.1) is 35.4 Å². The number of benzene rings is 1. The fraction of sp³-hybridized carbons (Fsp3) is 0.530. The summed E-state index contributed by atoms with van der Waals surface area (Å²) in [5, 5.41) is 24.7. The van der Waals surface area contributed by atoms with Gasteiger partial charge in [0.05, 0.1) is 47.1 Å². The van der Waals surface area contributed by atoms with Gasteiger partial charge >= 0.3 is 22.3 Å². The number of anilines is 7. The number of nitrogens with two attached hydrogens (primary N) is 1. The van der Waals surface area contributed by atoms with Crippen LogP contribution in [0.25, 0.3) is 11.3 Å². The van der Waals surface area contributed by atoms with Crippen molar-refractivity contribution in [1.82, 2.24) is 63.4 Å². The van der Waals surface area contributed by atoms with E-state index in [1.165, 1.54) is 42.5 Å². The molecule has 7 aliphatic heterocycles. The van der Waals surface area contributed by atoms with E-state index >= 15 is 0 Å². The number of carbonyl (C=O) groups is 6. The van der Waals surface area contributed by atoms with Crippen LogP contribution in [0.3, 0.4) is 0 Å². The molecule has 7 aliphatic rings. The van der Waals surface area contributed by atoms with Crippen molar-refractivity contribution in [3.63, 3.8) is 0 Å². The molecule has 15 rings (SSSR count). The second-order valence-corrected chi connectivity index (χ2v) is 49.8. The van der Waals surface area contributed by atoms with Crippen molar-refractivity contribution < 1.29 is 92.7 Å². The second kappa shape index (κ2) is 43.9. The van der Waals surface area contributed by atoms with Gasteiger partial charge in [-0.3, -0.25) is 19.2 Å². The van der Waals surface area contributed by atoms with E-state index in [-0.39, 0.29) is 85.0 Å². The lowest BCUT2D eigenvalue weighted by Gasteiger charge is -2.34. The van der Waals surface area contributed by atoms with Crippen molar-refractivity contribution in [2.24, 2.45) is 35.3 Å². The lowest BCUT2D eigenvalue weighted by atomic mass is 9.97. The average Bonchev–Trinajstić information content (AvgIpc) is 1.57. The molecule has 145 heavy (non-hydrogen) atoms. The quantitative estimate of drug-likeness (QED) is 0.0189. The number of aromatic nitrogens is 7. The van der Waals surface area contributed by atoms with Crippen LogP contribution in [0.5, 0.6) is 5.75 Å². The molecule has 5 amide bonds. The first kappa shape index (κ1) is 112. The summed E-state index contributed by atoms with van der Waals surface area (Å²) in [7, 11) is -15.5. The Balaban J connectivity index is 0.000000186. The Labute approximate surface area is 851 Å². The van der Waals surface area contributed by atoms with Gasteiger partial charge in [0.15, 0.2) is 20.8 Å². The van der Waals surface area contributed by atoms with Gasteiger partial charge in [0.2, 0.25) is 0 Å². The van der Waals surface area contributed by atoms with E-state index in [0.29, 0.717) is 120 Å². The molecule has 10 N–H and O–H groups in total. The molecule has 8 aromatic rings. The molecule has 14 heterocycles. The summed E-state index contributed by atoms with van der Waals surface area (Å²) in [5.41, 5.74) is 2.59. The number of aliphatic hydroxyl groups excluding tert-OH is 1. The molecule has 1 aromatic carbocycles. The Bertz CT molecular complexity index is 6600. The van der Waals surface area contributed by atoms with Gasteiger partial charge in [0.25, 0.3) is 53.7 Å². The number of hydrogen-bond donors (Lipinski definition) is 9. The molecule has 0 saturated carbocycles. The minimum Gasteiger partial charge on any atom is -0.493 e. The second-order valence-electron chi connectivity index (χ2n) is 43.3. The number of carbonyl (C=O) groups excluding carboxylic acids is 6. The first-order valence-electron chi connectivity index (χ1n) is 48.4. The number of ether oxygens (including phenoxy) is 3. The maximum Gasteiger partial charge on any atom is 0.407 e. The number of esters is 1. The summed E-state index contributed by atoms with van der Waals surface area (Å²) < 4.78 is 144. The van der Waals surface area contributed by atoms with E-state index in [9.17, 15) is 77.0 Å². The molecule has 40 nitrogen and oxygen atoms in total. The first-order valence-corrected chi connectivity index (χ1v) is 54.3. The van der Waals surface area contributed by atoms with E-state index in [1.54, 1.807) is 151 Å². The molecule has 5 unspecified atom stereocenters. The molecular formula is C100H140FN21O19S4. The first-order chi connectivity index (χ1) is 67.4. The van der Waals surface area contributed by atoms with Crippen LogP contribution in [0.2, 0.25) is 0 Å². The predicted octanol–water partition coefficient (Wildman–Crippen LogP) is 11.2. The lowest BCUT2D eigenvalue weighted by Crippen LogP contribution is -2.51. The van der Waals surface area contributed by atoms with Crippen LogP contribution in [-0.4, -0.2) is 249 Å². The smallest absolute Gasteiger partial charge is 0.407 e. The van der Waals surface area contributed by atoms with E-state index in [1.807, 2.05) is 42.2 Å². The van der Waals surface area contributed by atoms with Gasteiger partial charge < -0.3 is 70.2 Å². The summed E-state index contributed by atoms with van der Waals surface area (Å²) in [5.74, 6) is 0.890. The average molecular weight is 2090 g/mol. The molecule has 7 fully saturated rings. The number of halogens is 1. The summed E-state index contributed by atoms with van der Waals surface area (Å²) in [4.78, 5) is 120. The zero-order chi connectivity index (χ0) is 107. The third kappa shape index (κ3) is 27.8. The van der Waals surface area contributed by atoms with Crippen molar-refractivity contribution in [1.29, 1.82) is 0 Å². The Morgan fingerprint density at radius 3 is 1.37 bits per heavy atom. The number of amides is 5. The fourth-order valence-electron chi connectivity index (χ4n) is 19.5. The molecule has 45 heteroatoms. The minimum atomic E-state index is -4.46. The van der Waals surface area contributed by atoms with Crippen molar-refractivity contribution in [3.8, 4) is 17.0 Å². The largest absolute Gasteiger partial charge is 0.493 e. The van der Waals surface area contributed by atoms with Crippen molar-refractivity contribution in [2.75, 3.05) is 107 Å². The monoisotopic (exact) mass is 2090 g/mol. The molecule has 8 atom stereocenters. The number of rotatable bonds is 25. The maximum atomic E-state index is 14.5. The normalized spacial score (nSPS) is 21.8. The van der Waals surface area contributed by atoms with Crippen LogP contribution in [0.15, 0.2) is 155 Å². The van der Waals surface area contributed by atoms with Crippen LogP contribution in [0.1, 0.15) is 226 Å². The Kier molecular flexibility index (Phi) is 33.8. The Morgan fingerprint density at radius 1 is 0.517 bits per heavy atom. The summed E-state index contributed by atoms with van der Waals surface area (Å²) >= 11 is 0. The van der Waals surface area contributed by atoms with Crippen molar-refractivity contribution in [2.45, 2.75) is 256 Å².